The van der Waals surface area contributed by atoms with Gasteiger partial charge in [0.2, 0.25) is 0 Å². The van der Waals surface area contributed by atoms with Gasteiger partial charge in [0.15, 0.2) is 5.78 Å². The summed E-state index contributed by atoms with van der Waals surface area (Å²) in [7, 11) is 3.29. The van der Waals surface area contributed by atoms with Crippen LogP contribution in [-0.2, 0) is 14.3 Å². The Kier molecular flexibility index (Phi) is 7.18. The molecule has 5 fully saturated rings. The number of carbonyl (C=O) groups excluding carboxylic acids is 2. The van der Waals surface area contributed by atoms with E-state index >= 15 is 0 Å². The lowest BCUT2D eigenvalue weighted by Gasteiger charge is -2.72. The van der Waals surface area contributed by atoms with E-state index in [9.17, 15) is 9.59 Å². The summed E-state index contributed by atoms with van der Waals surface area (Å²) in [6, 6.07) is 8.05. The van der Waals surface area contributed by atoms with Crippen molar-refractivity contribution in [1.29, 1.82) is 0 Å². The Bertz CT molecular complexity index is 1370. The molecule has 1 aromatic rings. The smallest absolute Gasteiger partial charge is 0.312 e. The quantitative estimate of drug-likeness (QED) is 0.201. The maximum absolute atomic E-state index is 14.2. The zero-order valence-corrected chi connectivity index (χ0v) is 28.0. The Labute approximate surface area is 260 Å². The summed E-state index contributed by atoms with van der Waals surface area (Å²) < 4.78 is 11.2. The molecule has 0 unspecified atom stereocenters. The SMILES string of the molecule is C=C(C)[C@H]1CC[C@@]2(C(=O)OC)CC[C@]3(C)[C@@H](CC[C@H]4[C@@]5(C)CC(=Cc6ccccc6OC)C(=O)C(C)(C)[C@H]5CC[C@]43C)[C@H]12. The van der Waals surface area contributed by atoms with Crippen LogP contribution in [0.3, 0.4) is 0 Å². The summed E-state index contributed by atoms with van der Waals surface area (Å²) >= 11 is 0. The fourth-order valence-corrected chi connectivity index (χ4v) is 12.7. The minimum Gasteiger partial charge on any atom is -0.496 e. The molecule has 0 aromatic heterocycles. The fraction of sp³-hybridized carbons (Fsp3) is 0.692. The van der Waals surface area contributed by atoms with Crippen molar-refractivity contribution in [2.24, 2.45) is 56.7 Å². The summed E-state index contributed by atoms with van der Waals surface area (Å²) in [6.45, 7) is 18.8. The molecule has 4 heteroatoms. The first-order chi connectivity index (χ1) is 20.2. The number of allylic oxidation sites excluding steroid dienone is 2. The summed E-state index contributed by atoms with van der Waals surface area (Å²) in [5.41, 5.74) is 2.68. The third kappa shape index (κ3) is 3.99. The van der Waals surface area contributed by atoms with E-state index in [2.05, 4.69) is 60.3 Å². The fourth-order valence-electron chi connectivity index (χ4n) is 12.7. The number of methoxy groups -OCH3 is 2. The first-order valence-electron chi connectivity index (χ1n) is 16.8. The van der Waals surface area contributed by atoms with Gasteiger partial charge in [-0.1, -0.05) is 65.0 Å². The molecule has 1 aromatic carbocycles. The highest BCUT2D eigenvalue weighted by Crippen LogP contribution is 2.77. The number of para-hydroxylation sites is 1. The second kappa shape index (κ2) is 10.1. The standard InChI is InChI=1S/C39H54O4/c1-24(2)27-16-19-39(34(41)43-9)21-20-37(6)28(32(27)39)14-15-31-36(5)23-26(22-25-12-10-11-13-29(25)42-8)33(40)35(3,4)30(36)17-18-38(31,37)7/h10-13,22,27-28,30-32H,1,14-21,23H2,2-9H3/t27-,28+,30-,31+,32+,36+,37-,38-,39-/m1/s1. The van der Waals surface area contributed by atoms with Gasteiger partial charge in [0, 0.05) is 11.0 Å². The van der Waals surface area contributed by atoms with Crippen LogP contribution in [0.1, 0.15) is 105 Å². The van der Waals surface area contributed by atoms with Crippen LogP contribution in [0.4, 0.5) is 0 Å². The van der Waals surface area contributed by atoms with Gasteiger partial charge in [-0.15, -0.1) is 0 Å². The number of Topliss-reactive ketones (excluding diaryl/α,β-unsaturated/α-hetero) is 1. The van der Waals surface area contributed by atoms with E-state index in [1.807, 2.05) is 18.2 Å². The molecule has 0 amide bonds. The number of rotatable bonds is 4. The summed E-state index contributed by atoms with van der Waals surface area (Å²) in [6.07, 6.45) is 11.5. The molecule has 5 aliphatic carbocycles. The number of esters is 1. The minimum atomic E-state index is -0.414. The molecule has 43 heavy (non-hydrogen) atoms. The Morgan fingerprint density at radius 3 is 2.30 bits per heavy atom. The normalized spacial score (nSPS) is 44.0. The summed E-state index contributed by atoms with van der Waals surface area (Å²) in [5, 5.41) is 0. The lowest BCUT2D eigenvalue weighted by atomic mass is 9.32. The van der Waals surface area contributed by atoms with Crippen LogP contribution < -0.4 is 4.74 Å². The molecule has 4 nitrogen and oxygen atoms in total. The topological polar surface area (TPSA) is 52.6 Å². The zero-order valence-electron chi connectivity index (χ0n) is 28.0. The maximum atomic E-state index is 14.2. The number of fused-ring (bicyclic) bond motifs is 7. The number of hydrogen-bond acceptors (Lipinski definition) is 4. The predicted molar refractivity (Wildman–Crippen MR) is 172 cm³/mol. The van der Waals surface area contributed by atoms with Crippen molar-refractivity contribution in [2.75, 3.05) is 14.2 Å². The van der Waals surface area contributed by atoms with Gasteiger partial charge in [-0.3, -0.25) is 9.59 Å². The molecule has 0 spiro atoms. The highest BCUT2D eigenvalue weighted by Gasteiger charge is 2.72. The van der Waals surface area contributed by atoms with Crippen LogP contribution >= 0.6 is 0 Å². The van der Waals surface area contributed by atoms with Crippen molar-refractivity contribution >= 4 is 17.8 Å². The molecule has 5 saturated carbocycles. The molecule has 0 aliphatic heterocycles. The third-order valence-electron chi connectivity index (χ3n) is 14.7. The zero-order chi connectivity index (χ0) is 31.2. The molecule has 0 bridgehead atoms. The molecule has 0 radical (unpaired) electrons. The molecule has 0 saturated heterocycles. The van der Waals surface area contributed by atoms with Crippen LogP contribution in [-0.4, -0.2) is 26.0 Å². The number of carbonyl (C=O) groups is 2. The van der Waals surface area contributed by atoms with Crippen LogP contribution in [0.15, 0.2) is 42.0 Å². The van der Waals surface area contributed by atoms with Crippen molar-refractivity contribution in [3.63, 3.8) is 0 Å². The first-order valence-corrected chi connectivity index (χ1v) is 16.8. The first kappa shape index (κ1) is 30.7. The Balaban J connectivity index is 1.42. The predicted octanol–water partition coefficient (Wildman–Crippen LogP) is 9.09. The number of hydrogen-bond donors (Lipinski definition) is 0. The average Bonchev–Trinajstić information content (AvgIpc) is 3.37. The van der Waals surface area contributed by atoms with Gasteiger partial charge in [-0.25, -0.2) is 0 Å². The second-order valence-corrected chi connectivity index (χ2v) is 16.5. The molecule has 234 valence electrons. The van der Waals surface area contributed by atoms with Crippen LogP contribution in [0.2, 0.25) is 0 Å². The number of ketones is 1. The molecular weight excluding hydrogens is 532 g/mol. The van der Waals surface area contributed by atoms with Crippen molar-refractivity contribution in [1.82, 2.24) is 0 Å². The molecule has 9 atom stereocenters. The van der Waals surface area contributed by atoms with E-state index in [1.54, 1.807) is 14.2 Å². The third-order valence-corrected chi connectivity index (χ3v) is 14.7. The lowest BCUT2D eigenvalue weighted by Crippen LogP contribution is -2.67. The van der Waals surface area contributed by atoms with Gasteiger partial charge >= 0.3 is 5.97 Å². The van der Waals surface area contributed by atoms with Crippen LogP contribution in [0, 0.1) is 56.7 Å². The number of benzene rings is 1. The van der Waals surface area contributed by atoms with Gasteiger partial charge < -0.3 is 9.47 Å². The molecule has 5 aliphatic rings. The maximum Gasteiger partial charge on any atom is 0.312 e. The van der Waals surface area contributed by atoms with Crippen LogP contribution in [0.5, 0.6) is 5.75 Å². The van der Waals surface area contributed by atoms with Crippen molar-refractivity contribution in [3.8, 4) is 5.75 Å². The highest BCUT2D eigenvalue weighted by atomic mass is 16.5. The highest BCUT2D eigenvalue weighted by molar-refractivity contribution is 6.04. The van der Waals surface area contributed by atoms with E-state index in [4.69, 9.17) is 9.47 Å². The van der Waals surface area contributed by atoms with Gasteiger partial charge in [-0.05, 0) is 128 Å². The van der Waals surface area contributed by atoms with Crippen molar-refractivity contribution in [2.45, 2.75) is 99.3 Å². The molecule has 0 heterocycles. The van der Waals surface area contributed by atoms with Gasteiger partial charge in [-0.2, -0.15) is 0 Å². The largest absolute Gasteiger partial charge is 0.496 e. The Hall–Kier alpha value is -2.36. The van der Waals surface area contributed by atoms with Crippen molar-refractivity contribution < 1.29 is 19.1 Å². The van der Waals surface area contributed by atoms with Gasteiger partial charge in [0.25, 0.3) is 0 Å². The monoisotopic (exact) mass is 586 g/mol. The van der Waals surface area contributed by atoms with Gasteiger partial charge in [0.05, 0.1) is 19.6 Å². The van der Waals surface area contributed by atoms with E-state index in [0.29, 0.717) is 35.4 Å². The molecular formula is C39H54O4. The van der Waals surface area contributed by atoms with E-state index in [1.165, 1.54) is 5.57 Å². The lowest BCUT2D eigenvalue weighted by molar-refractivity contribution is -0.232. The molecule has 6 rings (SSSR count). The summed E-state index contributed by atoms with van der Waals surface area (Å²) in [5.74, 6) is 3.19. The average molecular weight is 587 g/mol. The van der Waals surface area contributed by atoms with E-state index < -0.39 is 5.41 Å². The molecule has 0 N–H and O–H groups in total. The minimum absolute atomic E-state index is 0.0184. The van der Waals surface area contributed by atoms with Crippen LogP contribution in [0.25, 0.3) is 6.08 Å². The van der Waals surface area contributed by atoms with E-state index in [-0.39, 0.29) is 27.6 Å². The Morgan fingerprint density at radius 1 is 0.907 bits per heavy atom. The Morgan fingerprint density at radius 2 is 1.63 bits per heavy atom. The van der Waals surface area contributed by atoms with Crippen molar-refractivity contribution in [3.05, 3.63) is 47.6 Å². The van der Waals surface area contributed by atoms with E-state index in [0.717, 1.165) is 74.7 Å². The van der Waals surface area contributed by atoms with Gasteiger partial charge in [0.1, 0.15) is 5.75 Å². The second-order valence-electron chi connectivity index (χ2n) is 16.5. The number of ether oxygens (including phenoxy) is 2. The summed E-state index contributed by atoms with van der Waals surface area (Å²) in [4.78, 5) is 27.7.